The highest BCUT2D eigenvalue weighted by Gasteiger charge is 2.62. The molecular formula is C35H33N3O6. The van der Waals surface area contributed by atoms with Crippen molar-refractivity contribution in [3.8, 4) is 11.6 Å². The Hall–Kier alpha value is -4.92. The largest absolute Gasteiger partial charge is 0.486 e. The number of aldehydes is 1. The molecule has 9 heteroatoms. The zero-order valence-corrected chi connectivity index (χ0v) is 24.9. The van der Waals surface area contributed by atoms with E-state index in [-0.39, 0.29) is 30.1 Å². The van der Waals surface area contributed by atoms with Crippen LogP contribution in [-0.2, 0) is 30.8 Å². The van der Waals surface area contributed by atoms with Crippen molar-refractivity contribution < 1.29 is 28.3 Å². The Kier molecular flexibility index (Phi) is 6.95. The molecule has 0 N–H and O–H groups in total. The second-order valence-corrected chi connectivity index (χ2v) is 12.0. The molecule has 44 heavy (non-hydrogen) atoms. The number of allylic oxidation sites excluding steroid dienone is 1. The lowest BCUT2D eigenvalue weighted by atomic mass is 9.67. The molecule has 2 aliphatic carbocycles. The minimum atomic E-state index is -0.626. The van der Waals surface area contributed by atoms with Crippen molar-refractivity contribution in [1.29, 1.82) is 0 Å². The van der Waals surface area contributed by atoms with Crippen molar-refractivity contribution in [2.45, 2.75) is 45.0 Å². The van der Waals surface area contributed by atoms with Gasteiger partial charge in [-0.2, -0.15) is 0 Å². The number of ether oxygens (including phenoxy) is 3. The van der Waals surface area contributed by atoms with Gasteiger partial charge in [0.05, 0.1) is 11.8 Å². The fourth-order valence-electron chi connectivity index (χ4n) is 6.61. The van der Waals surface area contributed by atoms with E-state index in [2.05, 4.69) is 5.16 Å². The van der Waals surface area contributed by atoms with Crippen LogP contribution in [0, 0.1) is 11.8 Å². The molecule has 0 radical (unpaired) electrons. The summed E-state index contributed by atoms with van der Waals surface area (Å²) in [6, 6.07) is 19.5. The summed E-state index contributed by atoms with van der Waals surface area (Å²) < 4.78 is 23.9. The third-order valence-corrected chi connectivity index (χ3v) is 8.97. The van der Waals surface area contributed by atoms with Gasteiger partial charge < -0.3 is 23.6 Å². The number of fused-ring (bicyclic) bond motifs is 3. The lowest BCUT2D eigenvalue weighted by Crippen LogP contribution is -2.36. The van der Waals surface area contributed by atoms with E-state index in [4.69, 9.17) is 23.7 Å². The number of carbonyl (C=O) groups is 2. The zero-order valence-electron chi connectivity index (χ0n) is 24.9. The molecule has 224 valence electrons. The summed E-state index contributed by atoms with van der Waals surface area (Å²) in [4.78, 5) is 33.0. The first-order valence-electron chi connectivity index (χ1n) is 14.8. The Morgan fingerprint density at radius 2 is 1.70 bits per heavy atom. The van der Waals surface area contributed by atoms with E-state index >= 15 is 0 Å². The molecule has 0 amide bonds. The van der Waals surface area contributed by atoms with E-state index in [1.165, 1.54) is 0 Å². The summed E-state index contributed by atoms with van der Waals surface area (Å²) in [6.45, 7) is 2.62. The molecule has 7 rings (SSSR count). The molecule has 1 unspecified atom stereocenters. The number of epoxide rings is 1. The summed E-state index contributed by atoms with van der Waals surface area (Å²) in [5, 5.41) is 4.07. The van der Waals surface area contributed by atoms with Crippen LogP contribution in [0.25, 0.3) is 0 Å². The highest BCUT2D eigenvalue weighted by Crippen LogP contribution is 2.59. The molecule has 0 saturated carbocycles. The minimum Gasteiger partial charge on any atom is -0.486 e. The van der Waals surface area contributed by atoms with Gasteiger partial charge in [0, 0.05) is 37.6 Å². The van der Waals surface area contributed by atoms with Crippen LogP contribution in [0.15, 0.2) is 82.7 Å². The van der Waals surface area contributed by atoms with E-state index in [1.807, 2.05) is 86.6 Å². The van der Waals surface area contributed by atoms with E-state index < -0.39 is 5.60 Å². The standard InChI is InChI=1S/C35H33N3O6/c1-35-24(16-27-26(18-39)34(37-44-27)42-20-22-12-8-5-9-13-22)14-23-15-25-30(31(40)29(23)32(35)43-35)28(17-36-33(25)38(2)3)41-19-21-10-6-4-7-11-21/h4-13,17-18,23-24H,14-16,19-20H2,1-3H3/t23?,24-,35-/m0/s1. The molecule has 0 bridgehead atoms. The van der Waals surface area contributed by atoms with Crippen molar-refractivity contribution in [1.82, 2.24) is 10.1 Å². The molecule has 9 nitrogen and oxygen atoms in total. The Bertz CT molecular complexity index is 1760. The fourth-order valence-corrected chi connectivity index (χ4v) is 6.61. The Morgan fingerprint density at radius 1 is 1.02 bits per heavy atom. The topological polar surface area (TPSA) is 107 Å². The zero-order chi connectivity index (χ0) is 30.4. The Morgan fingerprint density at radius 3 is 2.36 bits per heavy atom. The van der Waals surface area contributed by atoms with Gasteiger partial charge in [0.15, 0.2) is 23.4 Å². The van der Waals surface area contributed by atoms with Crippen LogP contribution >= 0.6 is 0 Å². The Balaban J connectivity index is 1.16. The van der Waals surface area contributed by atoms with Crippen LogP contribution < -0.4 is 14.4 Å². The highest BCUT2D eigenvalue weighted by molar-refractivity contribution is 6.14. The number of aromatic nitrogens is 2. The quantitative estimate of drug-likeness (QED) is 0.168. The van der Waals surface area contributed by atoms with E-state index in [0.717, 1.165) is 40.1 Å². The van der Waals surface area contributed by atoms with E-state index in [1.54, 1.807) is 6.20 Å². The monoisotopic (exact) mass is 591 g/mol. The summed E-state index contributed by atoms with van der Waals surface area (Å²) in [6.07, 6.45) is 4.13. The maximum atomic E-state index is 14.2. The summed E-state index contributed by atoms with van der Waals surface area (Å²) in [7, 11) is 3.86. The van der Waals surface area contributed by atoms with Crippen LogP contribution in [0.5, 0.6) is 11.6 Å². The molecular weight excluding hydrogens is 558 g/mol. The summed E-state index contributed by atoms with van der Waals surface area (Å²) in [5.41, 5.74) is 3.82. The maximum absolute atomic E-state index is 14.2. The van der Waals surface area contributed by atoms with Gasteiger partial charge in [-0.15, -0.1) is 0 Å². The molecule has 0 spiro atoms. The maximum Gasteiger partial charge on any atom is 0.265 e. The van der Waals surface area contributed by atoms with Gasteiger partial charge in [-0.1, -0.05) is 60.7 Å². The van der Waals surface area contributed by atoms with Crippen LogP contribution in [0.1, 0.15) is 56.5 Å². The number of pyridine rings is 1. The lowest BCUT2D eigenvalue weighted by Gasteiger charge is -2.34. The lowest BCUT2D eigenvalue weighted by molar-refractivity contribution is 0.0993. The number of nitrogens with zero attached hydrogens (tertiary/aromatic N) is 3. The first-order chi connectivity index (χ1) is 21.4. The van der Waals surface area contributed by atoms with E-state index in [0.29, 0.717) is 48.5 Å². The van der Waals surface area contributed by atoms with Crippen LogP contribution in [-0.4, -0.2) is 41.9 Å². The van der Waals surface area contributed by atoms with Gasteiger partial charge in [-0.3, -0.25) is 9.59 Å². The third kappa shape index (κ3) is 4.82. The van der Waals surface area contributed by atoms with Gasteiger partial charge in [0.2, 0.25) is 0 Å². The molecule has 1 saturated heterocycles. The summed E-state index contributed by atoms with van der Waals surface area (Å²) in [5.74, 6) is 2.45. The van der Waals surface area contributed by atoms with Crippen LogP contribution in [0.2, 0.25) is 0 Å². The normalized spacial score (nSPS) is 21.5. The second kappa shape index (κ2) is 11.0. The number of carbonyl (C=O) groups excluding carboxylic acids is 2. The van der Waals surface area contributed by atoms with Crippen molar-refractivity contribution in [2.75, 3.05) is 19.0 Å². The number of benzene rings is 2. The van der Waals surface area contributed by atoms with Crippen molar-refractivity contribution in [3.05, 3.63) is 112 Å². The number of ketones is 1. The first-order valence-corrected chi connectivity index (χ1v) is 14.8. The third-order valence-electron chi connectivity index (χ3n) is 8.97. The fraction of sp³-hybridized carbons (Fsp3) is 0.314. The number of hydrogen-bond acceptors (Lipinski definition) is 9. The molecule has 2 aromatic heterocycles. The second-order valence-electron chi connectivity index (χ2n) is 12.0. The minimum absolute atomic E-state index is 0.0255. The SMILES string of the molecule is CN(C)c1ncc(OCc2ccccc2)c2c1CC1C[C@@H](Cc3onc(OCc4ccccc4)c3C=O)[C@]3(C)OC3=C1C2=O. The van der Waals surface area contributed by atoms with Gasteiger partial charge in [0.1, 0.15) is 36.1 Å². The van der Waals surface area contributed by atoms with Gasteiger partial charge in [0.25, 0.3) is 5.88 Å². The van der Waals surface area contributed by atoms with E-state index in [9.17, 15) is 9.59 Å². The molecule has 3 heterocycles. The number of anilines is 1. The van der Waals surface area contributed by atoms with Gasteiger partial charge in [-0.05, 0) is 42.0 Å². The molecule has 4 aromatic rings. The Labute approximate surface area is 255 Å². The van der Waals surface area contributed by atoms with Crippen molar-refractivity contribution in [2.24, 2.45) is 11.8 Å². The molecule has 1 fully saturated rings. The van der Waals surface area contributed by atoms with Crippen molar-refractivity contribution >= 4 is 17.9 Å². The first kappa shape index (κ1) is 27.9. The molecule has 3 atom stereocenters. The number of hydrogen-bond donors (Lipinski definition) is 0. The van der Waals surface area contributed by atoms with Crippen LogP contribution in [0.4, 0.5) is 5.82 Å². The predicted molar refractivity (Wildman–Crippen MR) is 162 cm³/mol. The van der Waals surface area contributed by atoms with Gasteiger partial charge in [-0.25, -0.2) is 4.98 Å². The smallest absolute Gasteiger partial charge is 0.265 e. The number of Topliss-reactive ketones (excluding diaryl/α,β-unsaturated/α-hetero) is 1. The number of rotatable bonds is 10. The molecule has 1 aliphatic heterocycles. The molecule has 3 aliphatic rings. The average Bonchev–Trinajstić information content (AvgIpc) is 3.59. The van der Waals surface area contributed by atoms with Crippen LogP contribution in [0.3, 0.4) is 0 Å². The summed E-state index contributed by atoms with van der Waals surface area (Å²) >= 11 is 0. The predicted octanol–water partition coefficient (Wildman–Crippen LogP) is 5.77. The van der Waals surface area contributed by atoms with Gasteiger partial charge >= 0.3 is 0 Å². The average molecular weight is 592 g/mol. The molecule has 2 aromatic carbocycles. The highest BCUT2D eigenvalue weighted by atomic mass is 16.6. The van der Waals surface area contributed by atoms with Crippen molar-refractivity contribution in [3.63, 3.8) is 0 Å².